The fourth-order valence-corrected chi connectivity index (χ4v) is 3.16. The molecule has 2 aromatic rings. The molecule has 118 valence electrons. The van der Waals surface area contributed by atoms with Crippen molar-refractivity contribution in [2.24, 2.45) is 0 Å². The van der Waals surface area contributed by atoms with Crippen LogP contribution in [-0.2, 0) is 0 Å². The first kappa shape index (κ1) is 20.1. The number of hydrogen-bond acceptors (Lipinski definition) is 3. The Morgan fingerprint density at radius 3 is 2.52 bits per heavy atom. The minimum Gasteiger partial charge on any atom is -1.00 e. The average Bonchev–Trinajstić information content (AvgIpc) is 2.52. The molecule has 2 aromatic carbocycles. The molecule has 0 bridgehead atoms. The molecule has 0 radical (unpaired) electrons. The monoisotopic (exact) mass is 386 g/mol. The van der Waals surface area contributed by atoms with Crippen molar-refractivity contribution < 1.29 is 31.6 Å². The largest absolute Gasteiger partial charge is 2.00 e. The molecule has 0 N–H and O–H groups in total. The predicted molar refractivity (Wildman–Crippen MR) is 87.5 cm³/mol. The minimum absolute atomic E-state index is 0. The number of methoxy groups -OCH3 is 2. The third-order valence-corrected chi connectivity index (χ3v) is 4.12. The van der Waals surface area contributed by atoms with E-state index < -0.39 is 0 Å². The zero-order valence-electron chi connectivity index (χ0n) is 13.5. The topological polar surface area (TPSA) is 41.5 Å². The molecule has 0 fully saturated rings. The van der Waals surface area contributed by atoms with Crippen LogP contribution < -0.4 is 31.6 Å². The van der Waals surface area contributed by atoms with Gasteiger partial charge in [0.2, 0.25) is 0 Å². The van der Waals surface area contributed by atoms with Gasteiger partial charge in [0.1, 0.15) is 11.5 Å². The number of benzene rings is 2. The third kappa shape index (κ3) is 3.95. The maximum atomic E-state index is 11.8. The van der Waals surface area contributed by atoms with Crippen molar-refractivity contribution in [2.45, 2.75) is 25.2 Å². The van der Waals surface area contributed by atoms with Crippen molar-refractivity contribution in [1.29, 1.82) is 0 Å². The number of hydrogen-bond donors (Lipinski definition) is 0. The maximum absolute atomic E-state index is 11.8. The molecule has 0 spiro atoms. The zero-order chi connectivity index (χ0) is 14.8. The molecule has 0 aromatic heterocycles. The average molecular weight is 388 g/mol. The molecule has 0 heterocycles. The van der Waals surface area contributed by atoms with Crippen LogP contribution >= 0.6 is 0 Å². The Morgan fingerprint density at radius 1 is 1.13 bits per heavy atom. The third-order valence-electron chi connectivity index (χ3n) is 4.12. The summed E-state index contributed by atoms with van der Waals surface area (Å²) in [4.78, 5) is 0. The number of rotatable bonds is 3. The standard InChI is InChI=1S/C18H20O3.BrH.Mg/c1-20-16-11-12-6-3-4-9-15(12)18(21-2)17(16)13-7-5-8-14(19)10-13;;/h3-4,6,9-11,13,19H,5,7-8H2,1-2H3;1H;/q;;+2/p-2/t13-;;/m0../s1. The van der Waals surface area contributed by atoms with Crippen molar-refractivity contribution in [3.8, 4) is 11.5 Å². The first-order valence-electron chi connectivity index (χ1n) is 7.26. The van der Waals surface area contributed by atoms with Crippen molar-refractivity contribution in [1.82, 2.24) is 0 Å². The first-order chi connectivity index (χ1) is 10.2. The van der Waals surface area contributed by atoms with Crippen molar-refractivity contribution >= 4 is 33.8 Å². The first-order valence-corrected chi connectivity index (χ1v) is 7.26. The molecular weight excluding hydrogens is 368 g/mol. The van der Waals surface area contributed by atoms with Crippen molar-refractivity contribution in [2.75, 3.05) is 14.2 Å². The Kier molecular flexibility index (Phi) is 7.71. The molecule has 5 heteroatoms. The molecule has 0 saturated heterocycles. The van der Waals surface area contributed by atoms with Gasteiger partial charge >= 0.3 is 23.1 Å². The van der Waals surface area contributed by atoms with Crippen molar-refractivity contribution in [3.05, 3.63) is 47.7 Å². The Labute approximate surface area is 163 Å². The summed E-state index contributed by atoms with van der Waals surface area (Å²) in [7, 11) is 3.34. The van der Waals surface area contributed by atoms with Gasteiger partial charge in [-0.1, -0.05) is 30.3 Å². The summed E-state index contributed by atoms with van der Waals surface area (Å²) in [6, 6.07) is 10.1. The minimum atomic E-state index is 0. The molecule has 1 atom stereocenters. The number of halogens is 1. The van der Waals surface area contributed by atoms with Gasteiger partial charge in [-0.2, -0.15) is 0 Å². The van der Waals surface area contributed by atoms with Gasteiger partial charge in [-0.15, -0.1) is 5.76 Å². The second-order valence-corrected chi connectivity index (χ2v) is 5.38. The summed E-state index contributed by atoms with van der Waals surface area (Å²) in [5, 5.41) is 13.9. The Hall–Kier alpha value is -0.914. The van der Waals surface area contributed by atoms with E-state index in [9.17, 15) is 5.11 Å². The quantitative estimate of drug-likeness (QED) is 0.696. The van der Waals surface area contributed by atoms with Gasteiger partial charge in [0.25, 0.3) is 0 Å². The summed E-state index contributed by atoms with van der Waals surface area (Å²) < 4.78 is 11.3. The smallest absolute Gasteiger partial charge is 1.00 e. The van der Waals surface area contributed by atoms with Crippen LogP contribution in [0.25, 0.3) is 10.8 Å². The second kappa shape index (κ2) is 8.80. The van der Waals surface area contributed by atoms with E-state index in [4.69, 9.17) is 9.47 Å². The molecule has 0 amide bonds. The molecule has 3 nitrogen and oxygen atoms in total. The van der Waals surface area contributed by atoms with Crippen LogP contribution in [-0.4, -0.2) is 37.3 Å². The van der Waals surface area contributed by atoms with E-state index in [0.29, 0.717) is 6.42 Å². The van der Waals surface area contributed by atoms with Crippen LogP contribution in [0, 0.1) is 0 Å². The summed E-state index contributed by atoms with van der Waals surface area (Å²) in [5.74, 6) is 1.90. The van der Waals surface area contributed by atoms with E-state index in [2.05, 4.69) is 0 Å². The molecular formula is C18H19BrMgO3. The molecule has 1 aliphatic rings. The van der Waals surface area contributed by atoms with Gasteiger partial charge in [-0.3, -0.25) is 0 Å². The van der Waals surface area contributed by atoms with E-state index in [1.165, 1.54) is 0 Å². The van der Waals surface area contributed by atoms with Crippen LogP contribution in [0.1, 0.15) is 30.7 Å². The summed E-state index contributed by atoms with van der Waals surface area (Å²) >= 11 is 0. The van der Waals surface area contributed by atoms with E-state index in [1.807, 2.05) is 36.4 Å². The Bertz CT molecular complexity index is 700. The van der Waals surface area contributed by atoms with E-state index in [0.717, 1.165) is 40.7 Å². The van der Waals surface area contributed by atoms with E-state index in [-0.39, 0.29) is 51.7 Å². The zero-order valence-corrected chi connectivity index (χ0v) is 16.5. The fraction of sp³-hybridized carbons (Fsp3) is 0.333. The van der Waals surface area contributed by atoms with Gasteiger partial charge in [0.15, 0.2) is 0 Å². The number of fused-ring (bicyclic) bond motifs is 1. The van der Waals surface area contributed by atoms with Crippen LogP contribution in [0.15, 0.2) is 42.2 Å². The van der Waals surface area contributed by atoms with E-state index in [1.54, 1.807) is 14.2 Å². The van der Waals surface area contributed by atoms with Crippen LogP contribution in [0.5, 0.6) is 11.5 Å². The Morgan fingerprint density at radius 2 is 1.87 bits per heavy atom. The van der Waals surface area contributed by atoms with Crippen LogP contribution in [0.3, 0.4) is 0 Å². The Balaban J connectivity index is 0.00000132. The van der Waals surface area contributed by atoms with Gasteiger partial charge < -0.3 is 31.6 Å². The summed E-state index contributed by atoms with van der Waals surface area (Å²) in [5.41, 5.74) is 0.992. The molecule has 0 saturated carbocycles. The molecule has 0 aliphatic heterocycles. The molecule has 3 rings (SSSR count). The SMILES string of the molecule is COc1cc2ccccc2c(OC)c1[C@@H]1C=C([O-])CCC1.[Br-].[Mg+2]. The molecule has 1 aliphatic carbocycles. The van der Waals surface area contributed by atoms with Crippen LogP contribution in [0.4, 0.5) is 0 Å². The van der Waals surface area contributed by atoms with Gasteiger partial charge in [-0.05, 0) is 30.7 Å². The predicted octanol–water partition coefficient (Wildman–Crippen LogP) is -0.00810. The van der Waals surface area contributed by atoms with Crippen molar-refractivity contribution in [3.63, 3.8) is 0 Å². The number of ether oxygens (including phenoxy) is 2. The van der Waals surface area contributed by atoms with Crippen LogP contribution in [0.2, 0.25) is 0 Å². The maximum Gasteiger partial charge on any atom is 2.00 e. The number of allylic oxidation sites excluding steroid dienone is 2. The second-order valence-electron chi connectivity index (χ2n) is 5.38. The normalized spacial score (nSPS) is 16.8. The summed E-state index contributed by atoms with van der Waals surface area (Å²) in [6.07, 6.45) is 4.34. The van der Waals surface area contributed by atoms with Gasteiger partial charge in [0, 0.05) is 16.9 Å². The van der Waals surface area contributed by atoms with Gasteiger partial charge in [0.05, 0.1) is 14.2 Å². The van der Waals surface area contributed by atoms with E-state index >= 15 is 0 Å². The van der Waals surface area contributed by atoms with Gasteiger partial charge in [-0.25, -0.2) is 0 Å². The fourth-order valence-electron chi connectivity index (χ4n) is 3.16. The summed E-state index contributed by atoms with van der Waals surface area (Å²) in [6.45, 7) is 0. The molecule has 0 unspecified atom stereocenters. The molecule has 23 heavy (non-hydrogen) atoms.